The summed E-state index contributed by atoms with van der Waals surface area (Å²) >= 11 is 3.31. The lowest BCUT2D eigenvalue weighted by Crippen LogP contribution is -2.16. The van der Waals surface area contributed by atoms with Gasteiger partial charge in [-0.25, -0.2) is 8.42 Å². The number of hydrogen-bond donors (Lipinski definition) is 1. The number of anilines is 1. The molecule has 1 atom stereocenters. The Labute approximate surface area is 115 Å². The van der Waals surface area contributed by atoms with Crippen LogP contribution in [0.3, 0.4) is 0 Å². The van der Waals surface area contributed by atoms with Crippen molar-refractivity contribution in [1.82, 2.24) is 0 Å². The number of rotatable bonds is 3. The standard InChI is InChI=1S/C12H13BrN2O2S/c13-11-1-2-12(10(5-11)6-14)15-7-9-3-4-18(16,17)8-9/h1-2,5,9,15H,3-4,7-8H2. The van der Waals surface area contributed by atoms with Crippen molar-refractivity contribution < 1.29 is 8.42 Å². The van der Waals surface area contributed by atoms with Crippen molar-refractivity contribution in [1.29, 1.82) is 5.26 Å². The van der Waals surface area contributed by atoms with Crippen molar-refractivity contribution in [3.8, 4) is 6.07 Å². The molecule has 96 valence electrons. The Hall–Kier alpha value is -1.06. The Balaban J connectivity index is 2.01. The van der Waals surface area contributed by atoms with E-state index in [9.17, 15) is 8.42 Å². The highest BCUT2D eigenvalue weighted by atomic mass is 79.9. The molecular formula is C12H13BrN2O2S. The second kappa shape index (κ2) is 5.29. The Morgan fingerprint density at radius 3 is 2.89 bits per heavy atom. The maximum absolute atomic E-state index is 11.3. The summed E-state index contributed by atoms with van der Waals surface area (Å²) in [6.07, 6.45) is 0.702. The van der Waals surface area contributed by atoms with Crippen molar-refractivity contribution in [2.24, 2.45) is 5.92 Å². The van der Waals surface area contributed by atoms with E-state index in [-0.39, 0.29) is 17.4 Å². The van der Waals surface area contributed by atoms with Crippen molar-refractivity contribution in [3.05, 3.63) is 28.2 Å². The van der Waals surface area contributed by atoms with Gasteiger partial charge in [0.1, 0.15) is 6.07 Å². The number of benzene rings is 1. The summed E-state index contributed by atoms with van der Waals surface area (Å²) in [5.41, 5.74) is 1.32. The minimum atomic E-state index is -2.83. The molecule has 0 bridgehead atoms. The lowest BCUT2D eigenvalue weighted by Gasteiger charge is -2.12. The molecule has 0 saturated carbocycles. The predicted molar refractivity (Wildman–Crippen MR) is 74.1 cm³/mol. The molecule has 1 aromatic rings. The lowest BCUT2D eigenvalue weighted by atomic mass is 10.1. The van der Waals surface area contributed by atoms with Gasteiger partial charge in [-0.15, -0.1) is 0 Å². The van der Waals surface area contributed by atoms with Crippen LogP contribution in [0.4, 0.5) is 5.69 Å². The number of sulfone groups is 1. The molecule has 0 spiro atoms. The molecule has 1 aliphatic heterocycles. The first-order chi connectivity index (χ1) is 8.50. The minimum absolute atomic E-state index is 0.144. The largest absolute Gasteiger partial charge is 0.384 e. The van der Waals surface area contributed by atoms with E-state index in [0.717, 1.165) is 10.2 Å². The summed E-state index contributed by atoms with van der Waals surface area (Å²) in [6, 6.07) is 7.54. The van der Waals surface area contributed by atoms with Gasteiger partial charge in [0, 0.05) is 11.0 Å². The highest BCUT2D eigenvalue weighted by Crippen LogP contribution is 2.23. The zero-order valence-electron chi connectivity index (χ0n) is 9.69. The van der Waals surface area contributed by atoms with Crippen molar-refractivity contribution in [3.63, 3.8) is 0 Å². The summed E-state index contributed by atoms with van der Waals surface area (Å²) in [4.78, 5) is 0. The number of halogens is 1. The number of hydrogen-bond acceptors (Lipinski definition) is 4. The summed E-state index contributed by atoms with van der Waals surface area (Å²) in [5.74, 6) is 0.675. The fourth-order valence-corrected chi connectivity index (χ4v) is 4.27. The van der Waals surface area contributed by atoms with Gasteiger partial charge in [-0.1, -0.05) is 15.9 Å². The molecule has 0 amide bonds. The fraction of sp³-hybridized carbons (Fsp3) is 0.417. The molecule has 18 heavy (non-hydrogen) atoms. The smallest absolute Gasteiger partial charge is 0.150 e. The van der Waals surface area contributed by atoms with Crippen LogP contribution in [0, 0.1) is 17.2 Å². The Bertz CT molecular complexity index is 593. The van der Waals surface area contributed by atoms with E-state index in [1.54, 1.807) is 6.07 Å². The fourth-order valence-electron chi connectivity index (χ4n) is 2.05. The van der Waals surface area contributed by atoms with Crippen LogP contribution in [-0.2, 0) is 9.84 Å². The maximum Gasteiger partial charge on any atom is 0.150 e. The van der Waals surface area contributed by atoms with Crippen LogP contribution in [0.15, 0.2) is 22.7 Å². The molecule has 0 aliphatic carbocycles. The second-order valence-electron chi connectivity index (χ2n) is 4.45. The normalized spacial score (nSPS) is 21.4. The first-order valence-corrected chi connectivity index (χ1v) is 8.25. The Morgan fingerprint density at radius 2 is 2.28 bits per heavy atom. The molecule has 1 N–H and O–H groups in total. The highest BCUT2D eigenvalue weighted by Gasteiger charge is 2.27. The monoisotopic (exact) mass is 328 g/mol. The van der Waals surface area contributed by atoms with Crippen molar-refractivity contribution in [2.45, 2.75) is 6.42 Å². The molecule has 1 aromatic carbocycles. The van der Waals surface area contributed by atoms with Crippen LogP contribution < -0.4 is 5.32 Å². The molecule has 0 radical (unpaired) electrons. The lowest BCUT2D eigenvalue weighted by molar-refractivity contribution is 0.596. The predicted octanol–water partition coefficient (Wildman–Crippen LogP) is 2.17. The van der Waals surface area contributed by atoms with E-state index in [0.29, 0.717) is 18.5 Å². The van der Waals surface area contributed by atoms with Gasteiger partial charge in [-0.05, 0) is 30.5 Å². The van der Waals surface area contributed by atoms with Gasteiger partial charge in [0.15, 0.2) is 9.84 Å². The maximum atomic E-state index is 11.3. The number of nitriles is 1. The first-order valence-electron chi connectivity index (χ1n) is 5.64. The van der Waals surface area contributed by atoms with Crippen LogP contribution >= 0.6 is 15.9 Å². The SMILES string of the molecule is N#Cc1cc(Br)ccc1NCC1CCS(=O)(=O)C1. The van der Waals surface area contributed by atoms with E-state index >= 15 is 0 Å². The van der Waals surface area contributed by atoms with Crippen LogP contribution in [0.2, 0.25) is 0 Å². The Kier molecular flexibility index (Phi) is 3.93. The van der Waals surface area contributed by atoms with Gasteiger partial charge in [-0.3, -0.25) is 0 Å². The minimum Gasteiger partial charge on any atom is -0.384 e. The van der Waals surface area contributed by atoms with Gasteiger partial charge in [0.05, 0.1) is 22.8 Å². The van der Waals surface area contributed by atoms with E-state index in [1.165, 1.54) is 0 Å². The molecule has 2 rings (SSSR count). The zero-order valence-corrected chi connectivity index (χ0v) is 12.1. The third-order valence-corrected chi connectivity index (χ3v) is 5.34. The summed E-state index contributed by atoms with van der Waals surface area (Å²) in [5, 5.41) is 12.2. The van der Waals surface area contributed by atoms with Gasteiger partial charge < -0.3 is 5.32 Å². The van der Waals surface area contributed by atoms with Crippen LogP contribution in [0.1, 0.15) is 12.0 Å². The van der Waals surface area contributed by atoms with Crippen molar-refractivity contribution >= 4 is 31.5 Å². The summed E-state index contributed by atoms with van der Waals surface area (Å²) in [7, 11) is -2.83. The molecule has 1 aliphatic rings. The van der Waals surface area contributed by atoms with E-state index in [2.05, 4.69) is 27.3 Å². The quantitative estimate of drug-likeness (QED) is 0.923. The number of nitrogens with zero attached hydrogens (tertiary/aromatic N) is 1. The second-order valence-corrected chi connectivity index (χ2v) is 7.60. The Morgan fingerprint density at radius 1 is 1.50 bits per heavy atom. The summed E-state index contributed by atoms with van der Waals surface area (Å²) < 4.78 is 23.5. The molecule has 1 unspecified atom stereocenters. The number of nitrogens with one attached hydrogen (secondary N) is 1. The molecule has 1 heterocycles. The highest BCUT2D eigenvalue weighted by molar-refractivity contribution is 9.10. The van der Waals surface area contributed by atoms with Crippen molar-refractivity contribution in [2.75, 3.05) is 23.4 Å². The molecule has 1 saturated heterocycles. The van der Waals surface area contributed by atoms with Gasteiger partial charge in [0.2, 0.25) is 0 Å². The third kappa shape index (κ3) is 3.24. The molecular weight excluding hydrogens is 316 g/mol. The van der Waals surface area contributed by atoms with E-state index < -0.39 is 9.84 Å². The van der Waals surface area contributed by atoms with Crippen LogP contribution in [-0.4, -0.2) is 26.5 Å². The third-order valence-electron chi connectivity index (χ3n) is 3.01. The average molecular weight is 329 g/mol. The molecule has 1 fully saturated rings. The molecule has 0 aromatic heterocycles. The van der Waals surface area contributed by atoms with E-state index in [4.69, 9.17) is 5.26 Å². The summed E-state index contributed by atoms with van der Waals surface area (Å²) in [6.45, 7) is 0.593. The van der Waals surface area contributed by atoms with Crippen LogP contribution in [0.5, 0.6) is 0 Å². The van der Waals surface area contributed by atoms with Crippen LogP contribution in [0.25, 0.3) is 0 Å². The van der Waals surface area contributed by atoms with Gasteiger partial charge in [0.25, 0.3) is 0 Å². The topological polar surface area (TPSA) is 70.0 Å². The van der Waals surface area contributed by atoms with Gasteiger partial charge >= 0.3 is 0 Å². The molecule has 4 nitrogen and oxygen atoms in total. The van der Waals surface area contributed by atoms with E-state index in [1.807, 2.05) is 12.1 Å². The zero-order chi connectivity index (χ0) is 13.2. The first kappa shape index (κ1) is 13.4. The van der Waals surface area contributed by atoms with Gasteiger partial charge in [-0.2, -0.15) is 5.26 Å². The molecule has 6 heteroatoms. The average Bonchev–Trinajstić information content (AvgIpc) is 2.67.